The van der Waals surface area contributed by atoms with Gasteiger partial charge in [-0.3, -0.25) is 0 Å². The minimum Gasteiger partial charge on any atom is -0.382 e. The molecule has 66 valence electrons. The van der Waals surface area contributed by atoms with Crippen molar-refractivity contribution in [3.63, 3.8) is 0 Å². The highest BCUT2D eigenvalue weighted by molar-refractivity contribution is 5.87. The van der Waals surface area contributed by atoms with Crippen LogP contribution in [0, 0.1) is 0 Å². The van der Waals surface area contributed by atoms with Crippen molar-refractivity contribution in [1.82, 2.24) is 20.4 Å². The van der Waals surface area contributed by atoms with Gasteiger partial charge in [-0.25, -0.2) is 4.98 Å². The number of nitrogens with zero attached hydrogens (tertiary/aromatic N) is 4. The number of pyridine rings is 1. The fourth-order valence-electron chi connectivity index (χ4n) is 1.03. The first kappa shape index (κ1) is 7.66. The standard InChI is InChI=1S/C7H8N6/c1-9-6-2-5-4(3-10-6)7(8)12-13-11-5/h2-3H,1H3,(H,9,10)(H2,8,11,12). The molecule has 0 fully saturated rings. The van der Waals surface area contributed by atoms with Crippen LogP contribution < -0.4 is 11.1 Å². The Bertz CT molecular complexity index is 440. The molecule has 6 nitrogen and oxygen atoms in total. The van der Waals surface area contributed by atoms with Gasteiger partial charge in [0.25, 0.3) is 0 Å². The van der Waals surface area contributed by atoms with Gasteiger partial charge in [-0.2, -0.15) is 0 Å². The first-order chi connectivity index (χ1) is 6.31. The zero-order chi connectivity index (χ0) is 9.26. The molecule has 2 aromatic rings. The monoisotopic (exact) mass is 176 g/mol. The smallest absolute Gasteiger partial charge is 0.158 e. The Morgan fingerprint density at radius 2 is 2.23 bits per heavy atom. The van der Waals surface area contributed by atoms with Crippen molar-refractivity contribution in [1.29, 1.82) is 0 Å². The second kappa shape index (κ2) is 2.81. The molecule has 2 rings (SSSR count). The molecule has 0 spiro atoms. The van der Waals surface area contributed by atoms with E-state index < -0.39 is 0 Å². The number of fused-ring (bicyclic) bond motifs is 1. The second-order valence-electron chi connectivity index (χ2n) is 2.51. The fourth-order valence-corrected chi connectivity index (χ4v) is 1.03. The largest absolute Gasteiger partial charge is 0.382 e. The zero-order valence-electron chi connectivity index (χ0n) is 7.02. The van der Waals surface area contributed by atoms with E-state index in [2.05, 4.69) is 25.7 Å². The predicted octanol–water partition coefficient (Wildman–Crippen LogP) is 0.0437. The van der Waals surface area contributed by atoms with E-state index in [1.165, 1.54) is 0 Å². The van der Waals surface area contributed by atoms with Crippen molar-refractivity contribution < 1.29 is 0 Å². The van der Waals surface area contributed by atoms with Crippen LogP contribution in [0.25, 0.3) is 10.9 Å². The number of anilines is 2. The van der Waals surface area contributed by atoms with Gasteiger partial charge in [-0.15, -0.1) is 10.2 Å². The van der Waals surface area contributed by atoms with E-state index in [-0.39, 0.29) is 0 Å². The topological polar surface area (TPSA) is 89.6 Å². The lowest BCUT2D eigenvalue weighted by atomic mass is 10.3. The molecule has 2 heterocycles. The number of hydrogen-bond donors (Lipinski definition) is 2. The summed E-state index contributed by atoms with van der Waals surface area (Å²) < 4.78 is 0. The van der Waals surface area contributed by atoms with Gasteiger partial charge in [-0.05, 0) is 5.21 Å². The molecule has 0 radical (unpaired) electrons. The summed E-state index contributed by atoms with van der Waals surface area (Å²) in [5.74, 6) is 1.08. The zero-order valence-corrected chi connectivity index (χ0v) is 7.02. The van der Waals surface area contributed by atoms with E-state index in [9.17, 15) is 0 Å². The number of nitrogens with two attached hydrogens (primary N) is 1. The summed E-state index contributed by atoms with van der Waals surface area (Å²) in [7, 11) is 1.78. The first-order valence-electron chi connectivity index (χ1n) is 3.73. The van der Waals surface area contributed by atoms with E-state index in [1.807, 2.05) is 0 Å². The highest BCUT2D eigenvalue weighted by Crippen LogP contribution is 2.16. The average molecular weight is 176 g/mol. The highest BCUT2D eigenvalue weighted by atomic mass is 15.3. The van der Waals surface area contributed by atoms with Crippen LogP contribution >= 0.6 is 0 Å². The van der Waals surface area contributed by atoms with Crippen molar-refractivity contribution in [2.45, 2.75) is 0 Å². The maximum Gasteiger partial charge on any atom is 0.158 e. The molecule has 0 aromatic carbocycles. The summed E-state index contributed by atoms with van der Waals surface area (Å²) in [6.45, 7) is 0. The van der Waals surface area contributed by atoms with Gasteiger partial charge in [-0.1, -0.05) is 0 Å². The molecule has 0 atom stereocenters. The number of aromatic nitrogens is 4. The molecule has 0 saturated heterocycles. The van der Waals surface area contributed by atoms with Crippen molar-refractivity contribution in [2.24, 2.45) is 0 Å². The van der Waals surface area contributed by atoms with E-state index in [0.717, 1.165) is 5.82 Å². The Hall–Kier alpha value is -1.98. The maximum absolute atomic E-state index is 5.57. The molecule has 3 N–H and O–H groups in total. The SMILES string of the molecule is CNc1cc2nnnc(N)c2cn1. The van der Waals surface area contributed by atoms with Gasteiger partial charge < -0.3 is 11.1 Å². The third-order valence-corrected chi connectivity index (χ3v) is 1.72. The minimum atomic E-state index is 0.347. The van der Waals surface area contributed by atoms with Gasteiger partial charge >= 0.3 is 0 Å². The van der Waals surface area contributed by atoms with E-state index in [4.69, 9.17) is 5.73 Å². The Labute approximate surface area is 74.2 Å². The van der Waals surface area contributed by atoms with Crippen LogP contribution in [-0.4, -0.2) is 27.4 Å². The number of nitrogen functional groups attached to an aromatic ring is 1. The molecule has 0 amide bonds. The van der Waals surface area contributed by atoms with Crippen LogP contribution in [0.2, 0.25) is 0 Å². The Morgan fingerprint density at radius 1 is 1.38 bits per heavy atom. The lowest BCUT2D eigenvalue weighted by molar-refractivity contribution is 0.902. The van der Waals surface area contributed by atoms with E-state index >= 15 is 0 Å². The number of hydrogen-bond acceptors (Lipinski definition) is 6. The molecule has 13 heavy (non-hydrogen) atoms. The summed E-state index contributed by atoms with van der Waals surface area (Å²) >= 11 is 0. The van der Waals surface area contributed by atoms with Crippen molar-refractivity contribution >= 4 is 22.5 Å². The third kappa shape index (κ3) is 1.22. The summed E-state index contributed by atoms with van der Waals surface area (Å²) in [5, 5.41) is 14.6. The van der Waals surface area contributed by atoms with Gasteiger partial charge in [0.05, 0.1) is 5.39 Å². The summed E-state index contributed by atoms with van der Waals surface area (Å²) in [6, 6.07) is 1.76. The summed E-state index contributed by atoms with van der Waals surface area (Å²) in [5.41, 5.74) is 6.26. The summed E-state index contributed by atoms with van der Waals surface area (Å²) in [6.07, 6.45) is 1.62. The molecule has 0 bridgehead atoms. The molecule has 0 aliphatic carbocycles. The van der Waals surface area contributed by atoms with Gasteiger partial charge in [0.1, 0.15) is 11.3 Å². The van der Waals surface area contributed by atoms with E-state index in [0.29, 0.717) is 16.7 Å². The Balaban J connectivity index is 2.72. The summed E-state index contributed by atoms with van der Waals surface area (Å²) in [4.78, 5) is 4.09. The van der Waals surface area contributed by atoms with Crippen LogP contribution in [-0.2, 0) is 0 Å². The van der Waals surface area contributed by atoms with Crippen molar-refractivity contribution in [2.75, 3.05) is 18.1 Å². The molecule has 0 aliphatic heterocycles. The number of nitrogens with one attached hydrogen (secondary N) is 1. The molecule has 6 heteroatoms. The lowest BCUT2D eigenvalue weighted by Crippen LogP contribution is -1.99. The molecule has 0 aliphatic rings. The van der Waals surface area contributed by atoms with Gasteiger partial charge in [0.2, 0.25) is 0 Å². The van der Waals surface area contributed by atoms with Gasteiger partial charge in [0, 0.05) is 19.3 Å². The Morgan fingerprint density at radius 3 is 3.00 bits per heavy atom. The fraction of sp³-hybridized carbons (Fsp3) is 0.143. The maximum atomic E-state index is 5.57. The minimum absolute atomic E-state index is 0.347. The quantitative estimate of drug-likeness (QED) is 0.637. The van der Waals surface area contributed by atoms with Crippen LogP contribution in [0.15, 0.2) is 12.3 Å². The molecule has 0 unspecified atom stereocenters. The van der Waals surface area contributed by atoms with Crippen molar-refractivity contribution in [3.05, 3.63) is 12.3 Å². The molecule has 2 aromatic heterocycles. The highest BCUT2D eigenvalue weighted by Gasteiger charge is 2.02. The second-order valence-corrected chi connectivity index (χ2v) is 2.51. The van der Waals surface area contributed by atoms with E-state index in [1.54, 1.807) is 19.3 Å². The number of rotatable bonds is 1. The molecular formula is C7H8N6. The van der Waals surface area contributed by atoms with Crippen LogP contribution in [0.3, 0.4) is 0 Å². The van der Waals surface area contributed by atoms with Gasteiger partial charge in [0.15, 0.2) is 5.82 Å². The predicted molar refractivity (Wildman–Crippen MR) is 49.1 cm³/mol. The lowest BCUT2D eigenvalue weighted by Gasteiger charge is -2.00. The first-order valence-corrected chi connectivity index (χ1v) is 3.73. The average Bonchev–Trinajstić information content (AvgIpc) is 2.18. The third-order valence-electron chi connectivity index (χ3n) is 1.72. The molecular weight excluding hydrogens is 168 g/mol. The van der Waals surface area contributed by atoms with Crippen LogP contribution in [0.5, 0.6) is 0 Å². The van der Waals surface area contributed by atoms with Crippen molar-refractivity contribution in [3.8, 4) is 0 Å². The normalized spacial score (nSPS) is 10.2. The Kier molecular flexibility index (Phi) is 1.66. The molecule has 0 saturated carbocycles. The van der Waals surface area contributed by atoms with Crippen LogP contribution in [0.4, 0.5) is 11.6 Å². The van der Waals surface area contributed by atoms with Crippen LogP contribution in [0.1, 0.15) is 0 Å².